The highest BCUT2D eigenvalue weighted by molar-refractivity contribution is 5.79. The number of rotatable bonds is 6. The standard InChI is InChI=1S/C12H14N4O3/c13-7-8-1-3-9(4-2-8)15-16-11(17)6-5-10(14)12(18)19/h1-4,10,15H,5-6,14H2,(H,16,17)(H,18,19)/t10-/m0/s1. The lowest BCUT2D eigenvalue weighted by Gasteiger charge is -2.09. The predicted molar refractivity (Wildman–Crippen MR) is 67.8 cm³/mol. The van der Waals surface area contributed by atoms with Gasteiger partial charge < -0.3 is 10.8 Å². The number of amides is 1. The first-order valence-electron chi connectivity index (χ1n) is 5.56. The minimum atomic E-state index is -1.13. The van der Waals surface area contributed by atoms with Crippen LogP contribution in [0.5, 0.6) is 0 Å². The molecule has 0 aliphatic carbocycles. The van der Waals surface area contributed by atoms with Gasteiger partial charge in [0.25, 0.3) is 0 Å². The van der Waals surface area contributed by atoms with E-state index in [0.717, 1.165) is 0 Å². The summed E-state index contributed by atoms with van der Waals surface area (Å²) in [4.78, 5) is 21.8. The molecule has 7 nitrogen and oxygen atoms in total. The van der Waals surface area contributed by atoms with Gasteiger partial charge in [0.1, 0.15) is 6.04 Å². The zero-order valence-corrected chi connectivity index (χ0v) is 10.1. The lowest BCUT2D eigenvalue weighted by molar-refractivity contribution is -0.138. The van der Waals surface area contributed by atoms with Gasteiger partial charge in [-0.1, -0.05) is 0 Å². The van der Waals surface area contributed by atoms with Crippen LogP contribution in [0.1, 0.15) is 18.4 Å². The van der Waals surface area contributed by atoms with Crippen molar-refractivity contribution in [2.75, 3.05) is 5.43 Å². The summed E-state index contributed by atoms with van der Waals surface area (Å²) in [6.45, 7) is 0. The van der Waals surface area contributed by atoms with Gasteiger partial charge in [0.05, 0.1) is 17.3 Å². The van der Waals surface area contributed by atoms with E-state index in [9.17, 15) is 9.59 Å². The zero-order chi connectivity index (χ0) is 14.3. The van der Waals surface area contributed by atoms with Crippen molar-refractivity contribution in [3.05, 3.63) is 29.8 Å². The first kappa shape index (κ1) is 14.5. The molecule has 0 unspecified atom stereocenters. The van der Waals surface area contributed by atoms with Gasteiger partial charge in [-0.3, -0.25) is 20.4 Å². The smallest absolute Gasteiger partial charge is 0.320 e. The summed E-state index contributed by atoms with van der Waals surface area (Å²) in [5.41, 5.74) is 11.5. The highest BCUT2D eigenvalue weighted by Gasteiger charge is 2.13. The molecule has 5 N–H and O–H groups in total. The number of nitrogens with two attached hydrogens (primary N) is 1. The molecular formula is C12H14N4O3. The van der Waals surface area contributed by atoms with Crippen LogP contribution in [0.2, 0.25) is 0 Å². The third-order valence-corrected chi connectivity index (χ3v) is 2.36. The fourth-order valence-corrected chi connectivity index (χ4v) is 1.24. The summed E-state index contributed by atoms with van der Waals surface area (Å²) < 4.78 is 0. The summed E-state index contributed by atoms with van der Waals surface area (Å²) in [5, 5.41) is 17.2. The van der Waals surface area contributed by atoms with Gasteiger partial charge in [-0.15, -0.1) is 0 Å². The summed E-state index contributed by atoms with van der Waals surface area (Å²) >= 11 is 0. The number of carbonyl (C=O) groups excluding carboxylic acids is 1. The van der Waals surface area contributed by atoms with E-state index in [-0.39, 0.29) is 18.7 Å². The van der Waals surface area contributed by atoms with Crippen LogP contribution in [-0.2, 0) is 9.59 Å². The van der Waals surface area contributed by atoms with Crippen LogP contribution >= 0.6 is 0 Å². The van der Waals surface area contributed by atoms with Crippen molar-refractivity contribution in [1.29, 1.82) is 5.26 Å². The predicted octanol–water partition coefficient (Wildman–Crippen LogP) is 0.193. The number of nitrogens with one attached hydrogen (secondary N) is 2. The van der Waals surface area contributed by atoms with Crippen molar-refractivity contribution in [2.24, 2.45) is 5.73 Å². The molecule has 1 aromatic carbocycles. The van der Waals surface area contributed by atoms with Gasteiger partial charge in [0.2, 0.25) is 5.91 Å². The summed E-state index contributed by atoms with van der Waals surface area (Å²) in [6, 6.07) is 7.43. The molecule has 0 radical (unpaired) electrons. The maximum atomic E-state index is 11.4. The van der Waals surface area contributed by atoms with Crippen molar-refractivity contribution in [3.8, 4) is 6.07 Å². The topological polar surface area (TPSA) is 128 Å². The Morgan fingerprint density at radius 3 is 2.53 bits per heavy atom. The van der Waals surface area contributed by atoms with Crippen molar-refractivity contribution < 1.29 is 14.7 Å². The van der Waals surface area contributed by atoms with Crippen LogP contribution in [0, 0.1) is 11.3 Å². The van der Waals surface area contributed by atoms with Crippen LogP contribution in [0.25, 0.3) is 0 Å². The monoisotopic (exact) mass is 262 g/mol. The Labute approximate surface area is 110 Å². The highest BCUT2D eigenvalue weighted by atomic mass is 16.4. The molecule has 19 heavy (non-hydrogen) atoms. The van der Waals surface area contributed by atoms with Crippen LogP contribution in [0.4, 0.5) is 5.69 Å². The van der Waals surface area contributed by atoms with Crippen LogP contribution in [-0.4, -0.2) is 23.0 Å². The molecule has 0 saturated carbocycles. The molecule has 100 valence electrons. The minimum Gasteiger partial charge on any atom is -0.480 e. The van der Waals surface area contributed by atoms with Crippen LogP contribution in [0.15, 0.2) is 24.3 Å². The van der Waals surface area contributed by atoms with Crippen LogP contribution in [0.3, 0.4) is 0 Å². The Balaban J connectivity index is 2.33. The molecule has 0 bridgehead atoms. The molecule has 7 heteroatoms. The molecule has 1 rings (SSSR count). The zero-order valence-electron chi connectivity index (χ0n) is 10.1. The average Bonchev–Trinajstić information content (AvgIpc) is 2.42. The van der Waals surface area contributed by atoms with E-state index in [0.29, 0.717) is 11.3 Å². The Morgan fingerprint density at radius 1 is 1.37 bits per heavy atom. The molecule has 0 aromatic heterocycles. The number of carboxylic acid groups (broad SMARTS) is 1. The van der Waals surface area contributed by atoms with Gasteiger partial charge in [0, 0.05) is 6.42 Å². The molecule has 0 aliphatic heterocycles. The number of carbonyl (C=O) groups is 2. The maximum absolute atomic E-state index is 11.4. The Morgan fingerprint density at radius 2 is 2.00 bits per heavy atom. The van der Waals surface area contributed by atoms with E-state index < -0.39 is 12.0 Å². The summed E-state index contributed by atoms with van der Waals surface area (Å²) in [6.07, 6.45) is 0.0764. The number of nitriles is 1. The molecule has 0 spiro atoms. The lowest BCUT2D eigenvalue weighted by Crippen LogP contribution is -2.34. The summed E-state index contributed by atoms with van der Waals surface area (Å²) in [7, 11) is 0. The van der Waals surface area contributed by atoms with E-state index in [1.807, 2.05) is 6.07 Å². The first-order chi connectivity index (χ1) is 9.02. The number of anilines is 1. The highest BCUT2D eigenvalue weighted by Crippen LogP contribution is 2.07. The van der Waals surface area contributed by atoms with Crippen molar-refractivity contribution in [3.63, 3.8) is 0 Å². The molecule has 0 heterocycles. The number of aliphatic carboxylic acids is 1. The van der Waals surface area contributed by atoms with Crippen molar-refractivity contribution in [1.82, 2.24) is 5.43 Å². The van der Waals surface area contributed by atoms with Gasteiger partial charge >= 0.3 is 5.97 Å². The largest absolute Gasteiger partial charge is 0.480 e. The van der Waals surface area contributed by atoms with E-state index in [1.165, 1.54) is 0 Å². The average molecular weight is 262 g/mol. The third-order valence-electron chi connectivity index (χ3n) is 2.36. The number of hydrazine groups is 1. The molecule has 0 fully saturated rings. The fourth-order valence-electron chi connectivity index (χ4n) is 1.24. The minimum absolute atomic E-state index is 0.0107. The SMILES string of the molecule is N#Cc1ccc(NNC(=O)CC[C@H](N)C(=O)O)cc1. The van der Waals surface area contributed by atoms with Crippen molar-refractivity contribution >= 4 is 17.6 Å². The maximum Gasteiger partial charge on any atom is 0.320 e. The van der Waals surface area contributed by atoms with Gasteiger partial charge in [-0.25, -0.2) is 0 Å². The normalized spacial score (nSPS) is 11.2. The molecule has 1 atom stereocenters. The van der Waals surface area contributed by atoms with Gasteiger partial charge in [-0.2, -0.15) is 5.26 Å². The van der Waals surface area contributed by atoms with E-state index in [1.54, 1.807) is 24.3 Å². The fraction of sp³-hybridized carbons (Fsp3) is 0.250. The molecule has 0 saturated heterocycles. The molecular weight excluding hydrogens is 248 g/mol. The second-order valence-electron chi connectivity index (χ2n) is 3.85. The number of nitrogens with zero attached hydrogens (tertiary/aromatic N) is 1. The van der Waals surface area contributed by atoms with Gasteiger partial charge in [0.15, 0.2) is 0 Å². The number of hydrogen-bond acceptors (Lipinski definition) is 5. The Bertz CT molecular complexity index is 493. The molecule has 1 amide bonds. The van der Waals surface area contributed by atoms with Crippen molar-refractivity contribution in [2.45, 2.75) is 18.9 Å². The number of carboxylic acids is 1. The molecule has 1 aromatic rings. The second-order valence-corrected chi connectivity index (χ2v) is 3.85. The van der Waals surface area contributed by atoms with E-state index in [2.05, 4.69) is 10.9 Å². The number of hydrogen-bond donors (Lipinski definition) is 4. The third kappa shape index (κ3) is 5.06. The Hall–Kier alpha value is -2.59. The van der Waals surface area contributed by atoms with E-state index >= 15 is 0 Å². The number of benzene rings is 1. The Kier molecular flexibility index (Phi) is 5.32. The molecule has 0 aliphatic rings. The summed E-state index contributed by atoms with van der Waals surface area (Å²) in [5.74, 6) is -1.49. The lowest BCUT2D eigenvalue weighted by atomic mass is 10.1. The second kappa shape index (κ2) is 6.98. The van der Waals surface area contributed by atoms with E-state index in [4.69, 9.17) is 16.1 Å². The quantitative estimate of drug-likeness (QED) is 0.542. The first-order valence-corrected chi connectivity index (χ1v) is 5.56. The van der Waals surface area contributed by atoms with Crippen LogP contribution < -0.4 is 16.6 Å². The van der Waals surface area contributed by atoms with Gasteiger partial charge in [-0.05, 0) is 30.7 Å².